The fraction of sp³-hybridized carbons (Fsp3) is 0.640. The Kier molecular flexibility index (Phi) is 70.1. The second-order valence-electron chi connectivity index (χ2n) is 28.7. The fourth-order valence-corrected chi connectivity index (χ4v) is 10.9. The predicted molar refractivity (Wildman–Crippen MR) is 446 cm³/mol. The number of amides is 10. The molecule has 2 aromatic rings. The molecule has 5 atom stereocenters. The molecule has 0 radical (unpaired) electrons. The van der Waals surface area contributed by atoms with Crippen molar-refractivity contribution in [1.82, 2.24) is 26.6 Å². The van der Waals surface area contributed by atoms with E-state index < -0.39 is 89.6 Å². The number of rotatable bonds is 59. The maximum Gasteiger partial charge on any atom is 0.328 e. The molecule has 30 nitrogen and oxygen atoms in total. The topological polar surface area (TPSA) is 492 Å². The molecule has 0 heterocycles. The molecule has 656 valence electrons. The van der Waals surface area contributed by atoms with E-state index in [1.165, 1.54) is 143 Å². The quantitative estimate of drug-likeness (QED) is 0.0127. The molecule has 30 heteroatoms. The van der Waals surface area contributed by atoms with Crippen LogP contribution in [0.3, 0.4) is 0 Å². The normalized spacial score (nSPS) is 11.8. The van der Waals surface area contributed by atoms with E-state index in [0.717, 1.165) is 68.1 Å². The minimum Gasteiger partial charge on any atom is -0.464 e. The molecule has 0 aromatic heterocycles. The van der Waals surface area contributed by atoms with Crippen LogP contribution in [0.1, 0.15) is 299 Å². The van der Waals surface area contributed by atoms with E-state index in [1.54, 1.807) is 0 Å². The lowest BCUT2D eigenvalue weighted by Crippen LogP contribution is -2.41. The number of unbranched alkanes of at least 4 members (excludes halogenated alkanes) is 20. The van der Waals surface area contributed by atoms with Crippen LogP contribution >= 0.6 is 0 Å². The first-order chi connectivity index (χ1) is 55.1. The van der Waals surface area contributed by atoms with Crippen LogP contribution in [0, 0.1) is 0 Å². The molecule has 10 amide bonds. The van der Waals surface area contributed by atoms with Crippen LogP contribution in [0.25, 0.3) is 0 Å². The first kappa shape index (κ1) is 110. The maximum atomic E-state index is 12.0. The van der Waals surface area contributed by atoms with E-state index in [0.29, 0.717) is 19.6 Å². The van der Waals surface area contributed by atoms with Gasteiger partial charge in [0.2, 0.25) is 59.1 Å². The standard InChI is InChI=1S/C21H40N2O4.C19H36N2O4.C17H28N2O4.C15H20N2O4.C14H18N2O4/c1-3-4-5-6-7-8-9-10-11-12-13-14-17-27-21(26)19(23-18(2)24)15-16-20(22)25;1-3-4-5-6-7-8-9-10-11-12-15-25-19(24)17(21-16(2)22)13-14-18(20)23;1-12(2)6-5-7-13(3)10-11-23-17(22)15(19-14(4)20)8-9-16(18)21;1-11(18)17-13(7-8-14(16)19)15(20)21-10-9-12-5-3-2-4-6-12;1-10(17)16-12(7-8-13(15)18)14(19)20-9-11-5-3-2-4-6-11/h19H,3-17H2,1-2H3,(H2,22,25)(H,23,24);17H,3-15H2,1-2H3,(H2,20,23)(H,21,22);6,10,15H,5,7-9,11H2,1-4H3,(H2,18,21)(H,19,20);2-6,13H,7-10H2,1H3,(H2,16,19)(H,17,18);2-6,12H,7-9H2,1H3,(H2,15,18)(H,16,17)/b;;13-10+;;/t19-;17-;15-;13-;12-/m00000/s1. The van der Waals surface area contributed by atoms with Crippen molar-refractivity contribution in [1.29, 1.82) is 0 Å². The van der Waals surface area contributed by atoms with Crippen LogP contribution in [0.15, 0.2) is 84.0 Å². The van der Waals surface area contributed by atoms with Gasteiger partial charge >= 0.3 is 29.8 Å². The van der Waals surface area contributed by atoms with Gasteiger partial charge < -0.3 is 78.9 Å². The highest BCUT2D eigenvalue weighted by Gasteiger charge is 2.26. The number of primary amides is 5. The second kappa shape index (κ2) is 73.8. The van der Waals surface area contributed by atoms with Crippen LogP contribution in [-0.4, -0.2) is 146 Å². The highest BCUT2D eigenvalue weighted by Crippen LogP contribution is 2.15. The van der Waals surface area contributed by atoms with Crippen molar-refractivity contribution in [3.63, 3.8) is 0 Å². The van der Waals surface area contributed by atoms with Crippen molar-refractivity contribution in [2.24, 2.45) is 28.7 Å². The van der Waals surface area contributed by atoms with Gasteiger partial charge in [-0.2, -0.15) is 0 Å². The lowest BCUT2D eigenvalue weighted by Gasteiger charge is -2.16. The number of ether oxygens (including phenoxy) is 5. The summed E-state index contributed by atoms with van der Waals surface area (Å²) >= 11 is 0. The number of hydrogen-bond acceptors (Lipinski definition) is 20. The Bertz CT molecular complexity index is 3200. The third-order valence-electron chi connectivity index (χ3n) is 17.1. The zero-order chi connectivity index (χ0) is 87.7. The average molecular weight is 1640 g/mol. The van der Waals surface area contributed by atoms with Gasteiger partial charge in [-0.3, -0.25) is 47.9 Å². The molecular formula is C86H142N10O20. The molecule has 0 aliphatic rings. The van der Waals surface area contributed by atoms with Crippen LogP contribution < -0.4 is 55.3 Å². The predicted octanol–water partition coefficient (Wildman–Crippen LogP) is 10.3. The van der Waals surface area contributed by atoms with E-state index in [2.05, 4.69) is 60.4 Å². The zero-order valence-corrected chi connectivity index (χ0v) is 71.2. The molecular weight excluding hydrogens is 1490 g/mol. The molecule has 0 saturated carbocycles. The van der Waals surface area contributed by atoms with Gasteiger partial charge in [-0.25, -0.2) is 24.0 Å². The molecule has 2 aromatic carbocycles. The first-order valence-corrected chi connectivity index (χ1v) is 41.1. The first-order valence-electron chi connectivity index (χ1n) is 41.1. The summed E-state index contributed by atoms with van der Waals surface area (Å²) in [4.78, 5) is 169. The van der Waals surface area contributed by atoms with Crippen molar-refractivity contribution < 1.29 is 95.6 Å². The van der Waals surface area contributed by atoms with E-state index in [9.17, 15) is 71.9 Å². The SMILES string of the molecule is CC(=O)N[C@@H](CCC(N)=O)C(=O)OC/C=C(\C)CCC=C(C)C.CC(=O)N[C@@H](CCC(N)=O)C(=O)OCCc1ccccc1.CC(=O)N[C@@H](CCC(N)=O)C(=O)OCc1ccccc1.CCCCCCCCCCCCCCOC(=O)[C@H](CCC(N)=O)NC(C)=O.CCCCCCCCCCCCOC(=O)[C@H](CCC(N)=O)NC(C)=O. The largest absolute Gasteiger partial charge is 0.464 e. The number of allylic oxidation sites excluding steroid dienone is 3. The van der Waals surface area contributed by atoms with Gasteiger partial charge in [0.05, 0.1) is 19.8 Å². The lowest BCUT2D eigenvalue weighted by atomic mass is 10.1. The van der Waals surface area contributed by atoms with E-state index in [1.807, 2.05) is 73.7 Å². The van der Waals surface area contributed by atoms with Crippen LogP contribution in [0.5, 0.6) is 0 Å². The Morgan fingerprint density at radius 2 is 0.569 bits per heavy atom. The molecule has 0 unspecified atom stereocenters. The molecule has 0 aliphatic carbocycles. The fourth-order valence-electron chi connectivity index (χ4n) is 10.9. The summed E-state index contributed by atoms with van der Waals surface area (Å²) in [6.07, 6.45) is 34.4. The zero-order valence-electron chi connectivity index (χ0n) is 71.2. The number of carbonyl (C=O) groups is 15. The van der Waals surface area contributed by atoms with Crippen molar-refractivity contribution in [3.8, 4) is 0 Å². The average Bonchev–Trinajstić information content (AvgIpc) is 0.932. The monoisotopic (exact) mass is 1640 g/mol. The number of carbonyl (C=O) groups excluding carboxylic acids is 15. The van der Waals surface area contributed by atoms with Gasteiger partial charge in [0.1, 0.15) is 43.4 Å². The van der Waals surface area contributed by atoms with Gasteiger partial charge in [-0.05, 0) is 95.8 Å². The minimum atomic E-state index is -0.858. The summed E-state index contributed by atoms with van der Waals surface area (Å²) in [7, 11) is 0. The highest BCUT2D eigenvalue weighted by molar-refractivity contribution is 5.87. The molecule has 15 N–H and O–H groups in total. The number of benzene rings is 2. The van der Waals surface area contributed by atoms with E-state index in [-0.39, 0.29) is 114 Å². The summed E-state index contributed by atoms with van der Waals surface area (Å²) in [5.74, 6) is -6.99. The molecule has 0 bridgehead atoms. The number of nitrogens with two attached hydrogens (primary N) is 5. The third kappa shape index (κ3) is 74.1. The summed E-state index contributed by atoms with van der Waals surface area (Å²) in [6.45, 7) is 18.3. The Morgan fingerprint density at radius 3 is 0.845 bits per heavy atom. The molecule has 2 rings (SSSR count). The summed E-state index contributed by atoms with van der Waals surface area (Å²) in [5.41, 5.74) is 29.6. The molecule has 0 aliphatic heterocycles. The van der Waals surface area contributed by atoms with Gasteiger partial charge in [0, 0.05) is 73.1 Å². The maximum absolute atomic E-state index is 12.0. The Morgan fingerprint density at radius 1 is 0.310 bits per heavy atom. The highest BCUT2D eigenvalue weighted by atomic mass is 16.6. The molecule has 0 saturated heterocycles. The van der Waals surface area contributed by atoms with Crippen molar-refractivity contribution in [2.75, 3.05) is 26.4 Å². The summed E-state index contributed by atoms with van der Waals surface area (Å²) in [5, 5.41) is 12.4. The Labute approximate surface area is 689 Å². The summed E-state index contributed by atoms with van der Waals surface area (Å²) in [6, 6.07) is 14.6. The van der Waals surface area contributed by atoms with Crippen molar-refractivity contribution >= 4 is 88.9 Å². The number of hydrogen-bond donors (Lipinski definition) is 10. The Balaban J connectivity index is -0.00000138. The van der Waals surface area contributed by atoms with E-state index in [4.69, 9.17) is 52.4 Å². The lowest BCUT2D eigenvalue weighted by molar-refractivity contribution is -0.149. The number of esters is 5. The van der Waals surface area contributed by atoms with Crippen LogP contribution in [0.4, 0.5) is 0 Å². The summed E-state index contributed by atoms with van der Waals surface area (Å²) < 4.78 is 25.8. The minimum absolute atomic E-state index is 0.00534. The van der Waals surface area contributed by atoms with Crippen molar-refractivity contribution in [3.05, 3.63) is 95.1 Å². The molecule has 116 heavy (non-hydrogen) atoms. The van der Waals surface area contributed by atoms with Crippen molar-refractivity contribution in [2.45, 2.75) is 331 Å². The van der Waals surface area contributed by atoms with Crippen LogP contribution in [0.2, 0.25) is 0 Å². The number of nitrogens with one attached hydrogen (secondary N) is 5. The van der Waals surface area contributed by atoms with Gasteiger partial charge in [-0.1, -0.05) is 220 Å². The second-order valence-corrected chi connectivity index (χ2v) is 28.7. The molecule has 0 fully saturated rings. The van der Waals surface area contributed by atoms with Gasteiger partial charge in [0.25, 0.3) is 0 Å². The molecule has 0 spiro atoms. The Hall–Kier alpha value is -10.0. The third-order valence-corrected chi connectivity index (χ3v) is 17.1. The smallest absolute Gasteiger partial charge is 0.328 e. The van der Waals surface area contributed by atoms with Crippen LogP contribution in [-0.2, 0) is 109 Å². The van der Waals surface area contributed by atoms with Gasteiger partial charge in [0.15, 0.2) is 0 Å². The van der Waals surface area contributed by atoms with E-state index >= 15 is 0 Å². The van der Waals surface area contributed by atoms with Gasteiger partial charge in [-0.15, -0.1) is 0 Å².